The third-order valence-corrected chi connectivity index (χ3v) is 2.51. The van der Waals surface area contributed by atoms with E-state index in [-0.39, 0.29) is 5.41 Å². The highest BCUT2D eigenvalue weighted by molar-refractivity contribution is 6.34. The normalized spacial score (nSPS) is 11.8. The Hall–Kier alpha value is -0.380. The highest BCUT2D eigenvalue weighted by atomic mass is 35.5. The van der Waals surface area contributed by atoms with Gasteiger partial charge < -0.3 is 5.73 Å². The van der Waals surface area contributed by atoms with Crippen LogP contribution in [-0.2, 0) is 5.41 Å². The van der Waals surface area contributed by atoms with Gasteiger partial charge in [-0.1, -0.05) is 37.0 Å². The zero-order chi connectivity index (χ0) is 10.1. The Labute approximate surface area is 87.3 Å². The predicted octanol–water partition coefficient (Wildman–Crippen LogP) is 2.02. The van der Waals surface area contributed by atoms with Crippen molar-refractivity contribution in [3.63, 3.8) is 0 Å². The smallest absolute Gasteiger partial charge is 0.137 e. The summed E-state index contributed by atoms with van der Waals surface area (Å²) in [6, 6.07) is 0. The number of halogens is 2. The summed E-state index contributed by atoms with van der Waals surface area (Å²) in [5.41, 5.74) is 6.02. The van der Waals surface area contributed by atoms with Crippen LogP contribution in [0.25, 0.3) is 0 Å². The predicted molar refractivity (Wildman–Crippen MR) is 54.1 cm³/mol. The molecular weight excluding hydrogens is 209 g/mol. The third-order valence-electron chi connectivity index (χ3n) is 1.94. The van der Waals surface area contributed by atoms with Gasteiger partial charge in [-0.25, -0.2) is 9.97 Å². The van der Waals surface area contributed by atoms with Gasteiger partial charge in [0, 0.05) is 17.5 Å². The van der Waals surface area contributed by atoms with Gasteiger partial charge in [0.15, 0.2) is 0 Å². The minimum atomic E-state index is -0.296. The maximum Gasteiger partial charge on any atom is 0.137 e. The summed E-state index contributed by atoms with van der Waals surface area (Å²) in [5.74, 6) is 0. The highest BCUT2D eigenvalue weighted by Gasteiger charge is 2.25. The van der Waals surface area contributed by atoms with E-state index in [1.165, 1.54) is 6.33 Å². The Morgan fingerprint density at radius 1 is 1.31 bits per heavy atom. The molecule has 2 N–H and O–H groups in total. The molecule has 1 aromatic rings. The van der Waals surface area contributed by atoms with Crippen LogP contribution in [0.1, 0.15) is 19.4 Å². The largest absolute Gasteiger partial charge is 0.330 e. The van der Waals surface area contributed by atoms with Crippen LogP contribution in [0.15, 0.2) is 6.33 Å². The molecular formula is C8H11Cl2N3. The van der Waals surface area contributed by atoms with Gasteiger partial charge in [0.25, 0.3) is 0 Å². The summed E-state index contributed by atoms with van der Waals surface area (Å²) in [6.07, 6.45) is 1.33. The second kappa shape index (κ2) is 3.78. The second-order valence-electron chi connectivity index (χ2n) is 3.42. The van der Waals surface area contributed by atoms with Gasteiger partial charge in [-0.05, 0) is 0 Å². The minimum Gasteiger partial charge on any atom is -0.330 e. The molecule has 0 radical (unpaired) electrons. The quantitative estimate of drug-likeness (QED) is 0.775. The molecule has 13 heavy (non-hydrogen) atoms. The van der Waals surface area contributed by atoms with Crippen LogP contribution < -0.4 is 5.73 Å². The topological polar surface area (TPSA) is 51.8 Å². The summed E-state index contributed by atoms with van der Waals surface area (Å²) >= 11 is 11.8. The number of hydrogen-bond donors (Lipinski definition) is 1. The molecule has 0 amide bonds. The van der Waals surface area contributed by atoms with Crippen LogP contribution >= 0.6 is 23.2 Å². The lowest BCUT2D eigenvalue weighted by atomic mass is 9.87. The van der Waals surface area contributed by atoms with Crippen molar-refractivity contribution >= 4 is 23.2 Å². The Morgan fingerprint density at radius 2 is 1.77 bits per heavy atom. The number of nitrogens with zero attached hydrogens (tertiary/aromatic N) is 2. The number of nitrogens with two attached hydrogens (primary N) is 1. The number of rotatable bonds is 2. The first-order chi connectivity index (χ1) is 5.99. The Morgan fingerprint density at radius 3 is 2.15 bits per heavy atom. The van der Waals surface area contributed by atoms with E-state index < -0.39 is 0 Å². The standard InChI is InChI=1S/C8H11Cl2N3/c1-8(2,3-11)5-6(9)12-4-13-7(5)10/h4H,3,11H2,1-2H3. The van der Waals surface area contributed by atoms with Crippen LogP contribution in [0.3, 0.4) is 0 Å². The SMILES string of the molecule is CC(C)(CN)c1c(Cl)ncnc1Cl. The van der Waals surface area contributed by atoms with E-state index in [0.29, 0.717) is 22.4 Å². The van der Waals surface area contributed by atoms with E-state index in [1.54, 1.807) is 0 Å². The van der Waals surface area contributed by atoms with Gasteiger partial charge in [0.1, 0.15) is 16.6 Å². The highest BCUT2D eigenvalue weighted by Crippen LogP contribution is 2.31. The van der Waals surface area contributed by atoms with Crippen LogP contribution in [0, 0.1) is 0 Å². The molecule has 0 saturated carbocycles. The van der Waals surface area contributed by atoms with Gasteiger partial charge >= 0.3 is 0 Å². The average Bonchev–Trinajstić information content (AvgIpc) is 2.03. The first kappa shape index (κ1) is 10.7. The molecule has 0 spiro atoms. The summed E-state index contributed by atoms with van der Waals surface area (Å²) in [4.78, 5) is 7.74. The van der Waals surface area contributed by atoms with Crippen molar-refractivity contribution in [1.29, 1.82) is 0 Å². The fourth-order valence-electron chi connectivity index (χ4n) is 1.00. The molecule has 0 fully saturated rings. The summed E-state index contributed by atoms with van der Waals surface area (Å²) in [6.45, 7) is 4.34. The first-order valence-corrected chi connectivity index (χ1v) is 4.61. The van der Waals surface area contributed by atoms with Crippen LogP contribution in [0.4, 0.5) is 0 Å². The maximum absolute atomic E-state index is 5.90. The van der Waals surface area contributed by atoms with Crippen LogP contribution in [0.2, 0.25) is 10.3 Å². The molecule has 72 valence electrons. The summed E-state index contributed by atoms with van der Waals surface area (Å²) < 4.78 is 0. The van der Waals surface area contributed by atoms with Crippen molar-refractivity contribution < 1.29 is 0 Å². The lowest BCUT2D eigenvalue weighted by Crippen LogP contribution is -2.29. The van der Waals surface area contributed by atoms with E-state index in [9.17, 15) is 0 Å². The van der Waals surface area contributed by atoms with E-state index >= 15 is 0 Å². The van der Waals surface area contributed by atoms with E-state index in [4.69, 9.17) is 28.9 Å². The summed E-state index contributed by atoms with van der Waals surface area (Å²) in [5, 5.41) is 0.742. The van der Waals surface area contributed by atoms with E-state index in [2.05, 4.69) is 9.97 Å². The third kappa shape index (κ3) is 2.10. The van der Waals surface area contributed by atoms with Crippen molar-refractivity contribution in [3.05, 3.63) is 22.2 Å². The molecule has 0 aromatic carbocycles. The van der Waals surface area contributed by atoms with E-state index in [1.807, 2.05) is 13.8 Å². The zero-order valence-corrected chi connectivity index (χ0v) is 9.02. The molecule has 0 atom stereocenters. The lowest BCUT2D eigenvalue weighted by molar-refractivity contribution is 0.535. The molecule has 0 unspecified atom stereocenters. The molecule has 1 rings (SSSR count). The average molecular weight is 220 g/mol. The van der Waals surface area contributed by atoms with Crippen molar-refractivity contribution in [3.8, 4) is 0 Å². The summed E-state index contributed by atoms with van der Waals surface area (Å²) in [7, 11) is 0. The van der Waals surface area contributed by atoms with Crippen molar-refractivity contribution in [2.45, 2.75) is 19.3 Å². The molecule has 0 aliphatic rings. The molecule has 0 bridgehead atoms. The minimum absolute atomic E-state index is 0.296. The number of hydrogen-bond acceptors (Lipinski definition) is 3. The monoisotopic (exact) mass is 219 g/mol. The molecule has 1 aromatic heterocycles. The van der Waals surface area contributed by atoms with Gasteiger partial charge in [-0.15, -0.1) is 0 Å². The lowest BCUT2D eigenvalue weighted by Gasteiger charge is -2.23. The van der Waals surface area contributed by atoms with Gasteiger partial charge in [-0.3, -0.25) is 0 Å². The van der Waals surface area contributed by atoms with Crippen LogP contribution in [-0.4, -0.2) is 16.5 Å². The fraction of sp³-hybridized carbons (Fsp3) is 0.500. The molecule has 0 aliphatic heterocycles. The second-order valence-corrected chi connectivity index (χ2v) is 4.13. The van der Waals surface area contributed by atoms with E-state index in [0.717, 1.165) is 0 Å². The fourth-order valence-corrected chi connectivity index (χ4v) is 1.83. The van der Waals surface area contributed by atoms with Gasteiger partial charge in [-0.2, -0.15) is 0 Å². The molecule has 3 nitrogen and oxygen atoms in total. The Balaban J connectivity index is 3.28. The first-order valence-electron chi connectivity index (χ1n) is 3.85. The van der Waals surface area contributed by atoms with Crippen LogP contribution in [0.5, 0.6) is 0 Å². The van der Waals surface area contributed by atoms with Gasteiger partial charge in [0.2, 0.25) is 0 Å². The molecule has 1 heterocycles. The molecule has 5 heteroatoms. The van der Waals surface area contributed by atoms with Crippen molar-refractivity contribution in [2.75, 3.05) is 6.54 Å². The Kier molecular flexibility index (Phi) is 3.11. The maximum atomic E-state index is 5.90. The van der Waals surface area contributed by atoms with Crippen molar-refractivity contribution in [2.24, 2.45) is 5.73 Å². The number of aromatic nitrogens is 2. The zero-order valence-electron chi connectivity index (χ0n) is 7.51. The molecule has 0 saturated heterocycles. The molecule has 0 aliphatic carbocycles. The van der Waals surface area contributed by atoms with Crippen molar-refractivity contribution in [1.82, 2.24) is 9.97 Å². The van der Waals surface area contributed by atoms with Gasteiger partial charge in [0.05, 0.1) is 0 Å². The Bertz CT molecular complexity index is 292.